The Kier molecular flexibility index (Phi) is 6.26. The van der Waals surface area contributed by atoms with Gasteiger partial charge in [0.05, 0.1) is 18.3 Å². The van der Waals surface area contributed by atoms with Crippen molar-refractivity contribution in [1.29, 1.82) is 0 Å². The summed E-state index contributed by atoms with van der Waals surface area (Å²) < 4.78 is 5.28. The second kappa shape index (κ2) is 7.97. The van der Waals surface area contributed by atoms with Gasteiger partial charge >= 0.3 is 0 Å². The van der Waals surface area contributed by atoms with E-state index in [1.807, 2.05) is 23.9 Å². The third kappa shape index (κ3) is 5.28. The molecule has 2 rings (SSSR count). The molecule has 1 fully saturated rings. The molecule has 6 nitrogen and oxygen atoms in total. The fourth-order valence-electron chi connectivity index (χ4n) is 2.25. The van der Waals surface area contributed by atoms with E-state index in [2.05, 4.69) is 24.0 Å². The van der Waals surface area contributed by atoms with Gasteiger partial charge in [-0.25, -0.2) is 0 Å². The average Bonchev–Trinajstić information content (AvgIpc) is 3.15. The van der Waals surface area contributed by atoms with Crippen LogP contribution < -0.4 is 0 Å². The van der Waals surface area contributed by atoms with Crippen LogP contribution in [0, 0.1) is 5.92 Å². The van der Waals surface area contributed by atoms with E-state index in [0.29, 0.717) is 19.0 Å². The van der Waals surface area contributed by atoms with E-state index < -0.39 is 0 Å². The number of carbonyl (C=O) groups is 1. The van der Waals surface area contributed by atoms with Crippen LogP contribution in [-0.4, -0.2) is 58.8 Å². The predicted octanol–water partition coefficient (Wildman–Crippen LogP) is 2.18. The molecule has 0 saturated heterocycles. The van der Waals surface area contributed by atoms with Crippen LogP contribution in [0.25, 0.3) is 0 Å². The lowest BCUT2D eigenvalue weighted by Gasteiger charge is -2.20. The molecule has 1 heterocycles. The first-order valence-corrected chi connectivity index (χ1v) is 8.91. The predicted molar refractivity (Wildman–Crippen MR) is 87.5 cm³/mol. The molecule has 1 atom stereocenters. The molecular weight excluding hydrogens is 300 g/mol. The van der Waals surface area contributed by atoms with Gasteiger partial charge in [0.1, 0.15) is 0 Å². The first kappa shape index (κ1) is 17.3. The topological polar surface area (TPSA) is 62.5 Å². The number of rotatable bonds is 9. The minimum atomic E-state index is 0.143. The Morgan fingerprint density at radius 2 is 2.18 bits per heavy atom. The molecule has 0 aromatic carbocycles. The van der Waals surface area contributed by atoms with E-state index in [4.69, 9.17) is 4.52 Å². The Morgan fingerprint density at radius 3 is 2.82 bits per heavy atom. The van der Waals surface area contributed by atoms with E-state index in [-0.39, 0.29) is 11.2 Å². The molecular formula is C15H26N4O2S. The zero-order chi connectivity index (χ0) is 16.1. The molecule has 0 aliphatic heterocycles. The molecule has 1 aliphatic rings. The van der Waals surface area contributed by atoms with Crippen LogP contribution in [0.4, 0.5) is 0 Å². The zero-order valence-corrected chi connectivity index (χ0v) is 14.7. The van der Waals surface area contributed by atoms with Crippen molar-refractivity contribution in [3.05, 3.63) is 11.7 Å². The Labute approximate surface area is 136 Å². The van der Waals surface area contributed by atoms with Gasteiger partial charge < -0.3 is 9.42 Å². The molecule has 1 amide bonds. The largest absolute Gasteiger partial charge is 0.344 e. The van der Waals surface area contributed by atoms with E-state index in [0.717, 1.165) is 24.0 Å². The summed E-state index contributed by atoms with van der Waals surface area (Å²) in [7, 11) is 3.78. The SMILES string of the molecule is CCS[C@@H](C)c1noc(CN(C)CC(=O)N(C)CC2CC2)n1. The summed E-state index contributed by atoms with van der Waals surface area (Å²) in [5, 5.41) is 4.26. The van der Waals surface area contributed by atoms with Gasteiger partial charge in [-0.3, -0.25) is 9.69 Å². The minimum absolute atomic E-state index is 0.143. The van der Waals surface area contributed by atoms with Gasteiger partial charge in [-0.2, -0.15) is 16.7 Å². The van der Waals surface area contributed by atoms with Crippen LogP contribution in [0.2, 0.25) is 0 Å². The fraction of sp³-hybridized carbons (Fsp3) is 0.800. The van der Waals surface area contributed by atoms with E-state index in [1.54, 1.807) is 11.8 Å². The molecule has 1 aromatic rings. The van der Waals surface area contributed by atoms with Crippen LogP contribution in [0.1, 0.15) is 43.7 Å². The molecule has 0 unspecified atom stereocenters. The van der Waals surface area contributed by atoms with Crippen molar-refractivity contribution >= 4 is 17.7 Å². The second-order valence-electron chi connectivity index (χ2n) is 6.03. The van der Waals surface area contributed by atoms with Crippen molar-refractivity contribution in [3.8, 4) is 0 Å². The first-order chi connectivity index (χ1) is 10.5. The number of thioether (sulfide) groups is 1. The number of carbonyl (C=O) groups excluding carboxylic acids is 1. The zero-order valence-electron chi connectivity index (χ0n) is 13.9. The van der Waals surface area contributed by atoms with Crippen molar-refractivity contribution < 1.29 is 9.32 Å². The highest BCUT2D eigenvalue weighted by atomic mass is 32.2. The van der Waals surface area contributed by atoms with Crippen molar-refractivity contribution in [3.63, 3.8) is 0 Å². The normalized spacial score (nSPS) is 16.0. The smallest absolute Gasteiger partial charge is 0.240 e. The summed E-state index contributed by atoms with van der Waals surface area (Å²) in [6.45, 7) is 5.94. The molecule has 0 radical (unpaired) electrons. The highest BCUT2D eigenvalue weighted by Crippen LogP contribution is 2.29. The summed E-state index contributed by atoms with van der Waals surface area (Å²) in [6.07, 6.45) is 2.51. The summed E-state index contributed by atoms with van der Waals surface area (Å²) in [5.41, 5.74) is 0. The van der Waals surface area contributed by atoms with Crippen molar-refractivity contribution in [2.24, 2.45) is 5.92 Å². The summed E-state index contributed by atoms with van der Waals surface area (Å²) in [5.74, 6) is 3.18. The quantitative estimate of drug-likeness (QED) is 0.693. The van der Waals surface area contributed by atoms with E-state index in [1.165, 1.54) is 12.8 Å². The number of likely N-dealkylation sites (N-methyl/N-ethyl adjacent to an activating group) is 2. The Balaban J connectivity index is 1.78. The maximum absolute atomic E-state index is 12.1. The van der Waals surface area contributed by atoms with Gasteiger partial charge in [0.2, 0.25) is 11.8 Å². The van der Waals surface area contributed by atoms with E-state index >= 15 is 0 Å². The number of hydrogen-bond acceptors (Lipinski definition) is 6. The molecule has 1 aromatic heterocycles. The van der Waals surface area contributed by atoms with Crippen LogP contribution in [0.15, 0.2) is 4.52 Å². The van der Waals surface area contributed by atoms with E-state index in [9.17, 15) is 4.79 Å². The summed E-state index contributed by atoms with van der Waals surface area (Å²) >= 11 is 1.78. The third-order valence-corrected chi connectivity index (χ3v) is 4.77. The van der Waals surface area contributed by atoms with Crippen molar-refractivity contribution in [2.45, 2.75) is 38.5 Å². The summed E-state index contributed by atoms with van der Waals surface area (Å²) in [4.78, 5) is 20.3. The Bertz CT molecular complexity index is 490. The number of aromatic nitrogens is 2. The standard InChI is InChI=1S/C15H26N4O2S/c1-5-22-11(2)15-16-13(21-17-15)9-18(3)10-14(20)19(4)8-12-6-7-12/h11-12H,5-10H2,1-4H3/t11-/m0/s1. The molecule has 0 bridgehead atoms. The lowest BCUT2D eigenvalue weighted by Crippen LogP contribution is -2.37. The molecule has 7 heteroatoms. The highest BCUT2D eigenvalue weighted by molar-refractivity contribution is 7.99. The summed E-state index contributed by atoms with van der Waals surface area (Å²) in [6, 6.07) is 0. The fourth-order valence-corrected chi connectivity index (χ4v) is 2.99. The molecule has 0 spiro atoms. The number of amides is 1. The third-order valence-electron chi connectivity index (χ3n) is 3.73. The van der Waals surface area contributed by atoms with Crippen LogP contribution >= 0.6 is 11.8 Å². The van der Waals surface area contributed by atoms with Gasteiger partial charge in [0.25, 0.3) is 0 Å². The molecule has 124 valence electrons. The van der Waals surface area contributed by atoms with Crippen LogP contribution in [-0.2, 0) is 11.3 Å². The molecule has 22 heavy (non-hydrogen) atoms. The lowest BCUT2D eigenvalue weighted by atomic mass is 10.3. The number of nitrogens with zero attached hydrogens (tertiary/aromatic N) is 4. The maximum Gasteiger partial charge on any atom is 0.240 e. The first-order valence-electron chi connectivity index (χ1n) is 7.86. The monoisotopic (exact) mass is 326 g/mol. The van der Waals surface area contributed by atoms with Crippen LogP contribution in [0.5, 0.6) is 0 Å². The maximum atomic E-state index is 12.1. The van der Waals surface area contributed by atoms with Gasteiger partial charge in [0.15, 0.2) is 5.82 Å². The van der Waals surface area contributed by atoms with Gasteiger partial charge in [-0.1, -0.05) is 12.1 Å². The molecule has 1 saturated carbocycles. The Morgan fingerprint density at radius 1 is 1.45 bits per heavy atom. The van der Waals surface area contributed by atoms with Crippen molar-refractivity contribution in [1.82, 2.24) is 19.9 Å². The van der Waals surface area contributed by atoms with Gasteiger partial charge in [0, 0.05) is 13.6 Å². The van der Waals surface area contributed by atoms with Crippen LogP contribution in [0.3, 0.4) is 0 Å². The second-order valence-corrected chi connectivity index (χ2v) is 7.65. The van der Waals surface area contributed by atoms with Gasteiger partial charge in [-0.05, 0) is 38.5 Å². The number of hydrogen-bond donors (Lipinski definition) is 0. The molecule has 0 N–H and O–H groups in total. The van der Waals surface area contributed by atoms with Crippen molar-refractivity contribution in [2.75, 3.05) is 32.9 Å². The average molecular weight is 326 g/mol. The van der Waals surface area contributed by atoms with Gasteiger partial charge in [-0.15, -0.1) is 0 Å². The minimum Gasteiger partial charge on any atom is -0.344 e. The lowest BCUT2D eigenvalue weighted by molar-refractivity contribution is -0.131. The molecule has 1 aliphatic carbocycles. The Hall–Kier alpha value is -1.08. The highest BCUT2D eigenvalue weighted by Gasteiger charge is 2.25.